The lowest BCUT2D eigenvalue weighted by Crippen LogP contribution is -2.12. The maximum Gasteiger partial charge on any atom is 0.255 e. The summed E-state index contributed by atoms with van der Waals surface area (Å²) in [5, 5.41) is 2.86. The van der Waals surface area contributed by atoms with E-state index in [-0.39, 0.29) is 5.91 Å². The largest absolute Gasteiger partial charge is 0.337 e. The lowest BCUT2D eigenvalue weighted by molar-refractivity contribution is 0.102. The first kappa shape index (κ1) is 13.3. The van der Waals surface area contributed by atoms with Crippen LogP contribution >= 0.6 is 12.2 Å². The lowest BCUT2D eigenvalue weighted by atomic mass is 10.2. The van der Waals surface area contributed by atoms with E-state index in [9.17, 15) is 4.79 Å². The van der Waals surface area contributed by atoms with Gasteiger partial charge >= 0.3 is 0 Å². The van der Waals surface area contributed by atoms with Crippen molar-refractivity contribution in [3.8, 4) is 5.69 Å². The van der Waals surface area contributed by atoms with Crippen LogP contribution in [0.5, 0.6) is 0 Å². The van der Waals surface area contributed by atoms with E-state index < -0.39 is 0 Å². The summed E-state index contributed by atoms with van der Waals surface area (Å²) < 4.78 is 2.41. The Morgan fingerprint density at radius 3 is 2.62 bits per heavy atom. The highest BCUT2D eigenvalue weighted by atomic mass is 32.1. The smallest absolute Gasteiger partial charge is 0.255 e. The molecule has 0 atom stereocenters. The second kappa shape index (κ2) is 5.76. The molecular formula is C16H13N3OS. The molecule has 4 nitrogen and oxygen atoms in total. The third-order valence-electron chi connectivity index (χ3n) is 3.07. The number of para-hydroxylation sites is 1. The first-order valence-electron chi connectivity index (χ1n) is 6.47. The van der Waals surface area contributed by atoms with E-state index in [0.717, 1.165) is 11.4 Å². The number of nitrogens with zero attached hydrogens (tertiary/aromatic N) is 1. The summed E-state index contributed by atoms with van der Waals surface area (Å²) >= 11 is 5.19. The van der Waals surface area contributed by atoms with Crippen molar-refractivity contribution < 1.29 is 4.79 Å². The van der Waals surface area contributed by atoms with Gasteiger partial charge in [0, 0.05) is 29.3 Å². The van der Waals surface area contributed by atoms with Crippen LogP contribution in [0.4, 0.5) is 5.69 Å². The number of carbonyl (C=O) groups excluding carboxylic acids is 1. The average molecular weight is 295 g/mol. The van der Waals surface area contributed by atoms with Gasteiger partial charge in [-0.1, -0.05) is 24.3 Å². The van der Waals surface area contributed by atoms with E-state index in [4.69, 9.17) is 12.2 Å². The van der Waals surface area contributed by atoms with Gasteiger partial charge in [0.2, 0.25) is 0 Å². The van der Waals surface area contributed by atoms with Gasteiger partial charge in [-0.3, -0.25) is 9.36 Å². The number of anilines is 1. The standard InChI is InChI=1S/C16H13N3OS/c20-15(18-13-6-2-1-3-7-13)12-5-4-8-14(11-12)19-10-9-17-16(19)21/h1-11H,(H,17,21)(H,18,20). The van der Waals surface area contributed by atoms with Gasteiger partial charge in [-0.15, -0.1) is 0 Å². The number of imidazole rings is 1. The molecule has 5 heteroatoms. The number of rotatable bonds is 3. The van der Waals surface area contributed by atoms with Crippen molar-refractivity contribution in [2.24, 2.45) is 0 Å². The third kappa shape index (κ3) is 2.93. The molecule has 1 amide bonds. The molecule has 0 fully saturated rings. The van der Waals surface area contributed by atoms with Gasteiger partial charge in [-0.05, 0) is 42.5 Å². The highest BCUT2D eigenvalue weighted by molar-refractivity contribution is 7.71. The molecule has 0 aliphatic carbocycles. The Labute approximate surface area is 127 Å². The van der Waals surface area contributed by atoms with Crippen LogP contribution in [0.3, 0.4) is 0 Å². The average Bonchev–Trinajstić information content (AvgIpc) is 2.94. The molecule has 1 aromatic heterocycles. The number of aromatic nitrogens is 2. The molecular weight excluding hydrogens is 282 g/mol. The molecule has 2 aromatic carbocycles. The molecule has 0 unspecified atom stereocenters. The quantitative estimate of drug-likeness (QED) is 0.722. The molecule has 3 rings (SSSR count). The highest BCUT2D eigenvalue weighted by Gasteiger charge is 2.07. The second-order valence-corrected chi connectivity index (χ2v) is 4.89. The molecule has 0 spiro atoms. The predicted molar refractivity (Wildman–Crippen MR) is 85.3 cm³/mol. The molecule has 0 radical (unpaired) electrons. The first-order chi connectivity index (χ1) is 10.2. The Morgan fingerprint density at radius 1 is 1.10 bits per heavy atom. The molecule has 0 saturated heterocycles. The van der Waals surface area contributed by atoms with Gasteiger partial charge < -0.3 is 10.3 Å². The lowest BCUT2D eigenvalue weighted by Gasteiger charge is -2.07. The van der Waals surface area contributed by atoms with E-state index in [0.29, 0.717) is 10.3 Å². The zero-order chi connectivity index (χ0) is 14.7. The number of carbonyl (C=O) groups is 1. The van der Waals surface area contributed by atoms with E-state index in [1.807, 2.05) is 59.3 Å². The summed E-state index contributed by atoms with van der Waals surface area (Å²) in [6, 6.07) is 16.7. The molecule has 104 valence electrons. The summed E-state index contributed by atoms with van der Waals surface area (Å²) in [6.07, 6.45) is 3.59. The van der Waals surface area contributed by atoms with E-state index in [1.54, 1.807) is 12.3 Å². The molecule has 0 aliphatic heterocycles. The van der Waals surface area contributed by atoms with Gasteiger partial charge in [-0.2, -0.15) is 0 Å². The van der Waals surface area contributed by atoms with Crippen molar-refractivity contribution in [1.82, 2.24) is 9.55 Å². The second-order valence-electron chi connectivity index (χ2n) is 4.51. The van der Waals surface area contributed by atoms with Crippen molar-refractivity contribution in [2.45, 2.75) is 0 Å². The summed E-state index contributed by atoms with van der Waals surface area (Å²) in [6.45, 7) is 0. The maximum atomic E-state index is 12.3. The molecule has 0 bridgehead atoms. The summed E-state index contributed by atoms with van der Waals surface area (Å²) in [4.78, 5) is 15.2. The Hall–Kier alpha value is -2.66. The summed E-state index contributed by atoms with van der Waals surface area (Å²) in [5.74, 6) is -0.148. The van der Waals surface area contributed by atoms with Crippen LogP contribution in [0.25, 0.3) is 5.69 Å². The number of benzene rings is 2. The van der Waals surface area contributed by atoms with E-state index in [1.165, 1.54) is 0 Å². The molecule has 3 aromatic rings. The Balaban J connectivity index is 1.88. The zero-order valence-electron chi connectivity index (χ0n) is 11.1. The van der Waals surface area contributed by atoms with Gasteiger partial charge in [0.1, 0.15) is 0 Å². The highest BCUT2D eigenvalue weighted by Crippen LogP contribution is 2.13. The fraction of sp³-hybridized carbons (Fsp3) is 0. The van der Waals surface area contributed by atoms with Crippen molar-refractivity contribution in [3.63, 3.8) is 0 Å². The van der Waals surface area contributed by atoms with Crippen LogP contribution in [-0.4, -0.2) is 15.5 Å². The van der Waals surface area contributed by atoms with Crippen LogP contribution in [0, 0.1) is 4.77 Å². The van der Waals surface area contributed by atoms with E-state index >= 15 is 0 Å². The fourth-order valence-electron chi connectivity index (χ4n) is 2.05. The molecule has 0 saturated carbocycles. The van der Waals surface area contributed by atoms with Crippen LogP contribution in [-0.2, 0) is 0 Å². The van der Waals surface area contributed by atoms with Crippen LogP contribution < -0.4 is 5.32 Å². The van der Waals surface area contributed by atoms with Crippen LogP contribution in [0.1, 0.15) is 10.4 Å². The van der Waals surface area contributed by atoms with Gasteiger partial charge in [0.05, 0.1) is 0 Å². The molecule has 21 heavy (non-hydrogen) atoms. The van der Waals surface area contributed by atoms with Crippen LogP contribution in [0.2, 0.25) is 0 Å². The van der Waals surface area contributed by atoms with Gasteiger partial charge in [0.25, 0.3) is 5.91 Å². The van der Waals surface area contributed by atoms with Crippen molar-refractivity contribution in [1.29, 1.82) is 0 Å². The van der Waals surface area contributed by atoms with E-state index in [2.05, 4.69) is 10.3 Å². The Morgan fingerprint density at radius 2 is 1.90 bits per heavy atom. The fourth-order valence-corrected chi connectivity index (χ4v) is 2.28. The predicted octanol–water partition coefficient (Wildman–Crippen LogP) is 3.79. The number of hydrogen-bond donors (Lipinski definition) is 2. The van der Waals surface area contributed by atoms with Crippen molar-refractivity contribution in [3.05, 3.63) is 77.3 Å². The monoisotopic (exact) mass is 295 g/mol. The number of hydrogen-bond acceptors (Lipinski definition) is 2. The minimum atomic E-state index is -0.148. The number of amides is 1. The van der Waals surface area contributed by atoms with Gasteiger partial charge in [-0.25, -0.2) is 0 Å². The summed E-state index contributed by atoms with van der Waals surface area (Å²) in [5.41, 5.74) is 2.20. The Bertz CT molecular complexity index is 821. The topological polar surface area (TPSA) is 49.8 Å². The van der Waals surface area contributed by atoms with Gasteiger partial charge in [0.15, 0.2) is 4.77 Å². The summed E-state index contributed by atoms with van der Waals surface area (Å²) in [7, 11) is 0. The first-order valence-corrected chi connectivity index (χ1v) is 6.88. The van der Waals surface area contributed by atoms with Crippen molar-refractivity contribution >= 4 is 23.8 Å². The Kier molecular flexibility index (Phi) is 3.66. The van der Waals surface area contributed by atoms with Crippen molar-refractivity contribution in [2.75, 3.05) is 5.32 Å². The minimum Gasteiger partial charge on any atom is -0.337 e. The number of nitrogens with one attached hydrogen (secondary N) is 2. The zero-order valence-corrected chi connectivity index (χ0v) is 11.9. The SMILES string of the molecule is O=C(Nc1ccccc1)c1cccc(-n2cc[nH]c2=S)c1. The molecule has 0 aliphatic rings. The number of aromatic amines is 1. The normalized spacial score (nSPS) is 10.3. The maximum absolute atomic E-state index is 12.3. The van der Waals surface area contributed by atoms with Crippen LogP contribution in [0.15, 0.2) is 67.0 Å². The molecule has 1 heterocycles. The minimum absolute atomic E-state index is 0.148. The number of H-pyrrole nitrogens is 1. The third-order valence-corrected chi connectivity index (χ3v) is 3.38. The molecule has 2 N–H and O–H groups in total.